The Hall–Kier alpha value is -0.790. The van der Waals surface area contributed by atoms with E-state index < -0.39 is 0 Å². The van der Waals surface area contributed by atoms with Gasteiger partial charge in [-0.3, -0.25) is 0 Å². The number of rotatable bonds is 3. The zero-order valence-electron chi connectivity index (χ0n) is 7.26. The van der Waals surface area contributed by atoms with Crippen molar-refractivity contribution in [1.82, 2.24) is 0 Å². The van der Waals surface area contributed by atoms with Gasteiger partial charge in [-0.25, -0.2) is 0 Å². The van der Waals surface area contributed by atoms with Gasteiger partial charge < -0.3 is 4.74 Å². The van der Waals surface area contributed by atoms with Crippen LogP contribution in [0.15, 0.2) is 33.7 Å². The Morgan fingerprint density at radius 2 is 2.29 bits per heavy atom. The SMILES string of the molecule is C=C(Br)COc1ccc(Br)cc1C#N. The first-order valence-corrected chi connectivity index (χ1v) is 5.38. The van der Waals surface area contributed by atoms with Crippen molar-refractivity contribution in [2.45, 2.75) is 0 Å². The molecule has 1 rings (SSSR count). The summed E-state index contributed by atoms with van der Waals surface area (Å²) in [4.78, 5) is 0. The lowest BCUT2D eigenvalue weighted by Crippen LogP contribution is -1.97. The lowest BCUT2D eigenvalue weighted by molar-refractivity contribution is 0.360. The number of hydrogen-bond acceptors (Lipinski definition) is 2. The van der Waals surface area contributed by atoms with Gasteiger partial charge >= 0.3 is 0 Å². The Bertz CT molecular complexity index is 396. The molecule has 2 nitrogen and oxygen atoms in total. The lowest BCUT2D eigenvalue weighted by atomic mass is 10.2. The largest absolute Gasteiger partial charge is 0.487 e. The molecule has 0 saturated carbocycles. The molecule has 1 aromatic rings. The van der Waals surface area contributed by atoms with Crippen LogP contribution in [0.5, 0.6) is 5.75 Å². The molecule has 0 spiro atoms. The predicted molar refractivity (Wildman–Crippen MR) is 62.4 cm³/mol. The van der Waals surface area contributed by atoms with Crippen LogP contribution in [0.25, 0.3) is 0 Å². The minimum atomic E-state index is 0.357. The smallest absolute Gasteiger partial charge is 0.137 e. The highest BCUT2D eigenvalue weighted by molar-refractivity contribution is 9.11. The number of benzene rings is 1. The molecule has 1 aromatic carbocycles. The summed E-state index contributed by atoms with van der Waals surface area (Å²) < 4.78 is 6.96. The van der Waals surface area contributed by atoms with Crippen molar-refractivity contribution in [3.05, 3.63) is 39.3 Å². The second-order valence-corrected chi connectivity index (χ2v) is 4.60. The van der Waals surface area contributed by atoms with Crippen LogP contribution in [0.4, 0.5) is 0 Å². The molecule has 14 heavy (non-hydrogen) atoms. The van der Waals surface area contributed by atoms with Crippen LogP contribution < -0.4 is 4.74 Å². The van der Waals surface area contributed by atoms with Gasteiger partial charge in [0.25, 0.3) is 0 Å². The second kappa shape index (κ2) is 5.18. The third kappa shape index (κ3) is 3.17. The molecule has 0 radical (unpaired) electrons. The lowest BCUT2D eigenvalue weighted by Gasteiger charge is -2.06. The minimum absolute atomic E-state index is 0.357. The van der Waals surface area contributed by atoms with Crippen molar-refractivity contribution in [1.29, 1.82) is 5.26 Å². The standard InChI is InChI=1S/C10H7Br2NO/c1-7(11)6-14-10-3-2-9(12)4-8(10)5-13/h2-4H,1,6H2. The molecule has 0 aliphatic heterocycles. The first-order chi connectivity index (χ1) is 6.63. The first-order valence-electron chi connectivity index (χ1n) is 3.79. The molecule has 0 fully saturated rings. The molecule has 0 bridgehead atoms. The number of halogens is 2. The summed E-state index contributed by atoms with van der Waals surface area (Å²) in [5.74, 6) is 0.566. The zero-order chi connectivity index (χ0) is 10.6. The fourth-order valence-corrected chi connectivity index (χ4v) is 1.35. The Balaban J connectivity index is 2.87. The van der Waals surface area contributed by atoms with Crippen LogP contribution in [0.3, 0.4) is 0 Å². The monoisotopic (exact) mass is 315 g/mol. The highest BCUT2D eigenvalue weighted by Crippen LogP contribution is 2.23. The topological polar surface area (TPSA) is 33.0 Å². The molecule has 0 heterocycles. The van der Waals surface area contributed by atoms with Crippen molar-refractivity contribution >= 4 is 31.9 Å². The summed E-state index contributed by atoms with van der Waals surface area (Å²) in [5.41, 5.74) is 0.508. The van der Waals surface area contributed by atoms with Gasteiger partial charge in [-0.05, 0) is 18.2 Å². The van der Waals surface area contributed by atoms with Crippen LogP contribution in [0.1, 0.15) is 5.56 Å². The molecule has 4 heteroatoms. The Morgan fingerprint density at radius 1 is 1.57 bits per heavy atom. The molecular formula is C10H7Br2NO. The van der Waals surface area contributed by atoms with Crippen LogP contribution in [0, 0.1) is 11.3 Å². The molecule has 0 N–H and O–H groups in total. The fourth-order valence-electron chi connectivity index (χ4n) is 0.872. The molecule has 0 amide bonds. The van der Waals surface area contributed by atoms with Crippen LogP contribution in [0.2, 0.25) is 0 Å². The summed E-state index contributed by atoms with van der Waals surface area (Å²) in [7, 11) is 0. The fraction of sp³-hybridized carbons (Fsp3) is 0.100. The Morgan fingerprint density at radius 3 is 2.86 bits per heavy atom. The molecule has 0 aliphatic rings. The van der Waals surface area contributed by atoms with Gasteiger partial charge in [0.2, 0.25) is 0 Å². The van der Waals surface area contributed by atoms with Crippen molar-refractivity contribution < 1.29 is 4.74 Å². The van der Waals surface area contributed by atoms with E-state index in [9.17, 15) is 0 Å². The number of ether oxygens (including phenoxy) is 1. The van der Waals surface area contributed by atoms with E-state index in [4.69, 9.17) is 10.00 Å². The van der Waals surface area contributed by atoms with E-state index in [2.05, 4.69) is 44.5 Å². The third-order valence-electron chi connectivity index (χ3n) is 1.45. The van der Waals surface area contributed by atoms with E-state index in [0.717, 1.165) is 8.96 Å². The van der Waals surface area contributed by atoms with Gasteiger partial charge in [0, 0.05) is 8.96 Å². The van der Waals surface area contributed by atoms with E-state index in [0.29, 0.717) is 17.9 Å². The quantitative estimate of drug-likeness (QED) is 0.853. The van der Waals surface area contributed by atoms with Crippen LogP contribution in [-0.2, 0) is 0 Å². The molecule has 0 aliphatic carbocycles. The average molecular weight is 317 g/mol. The second-order valence-electron chi connectivity index (χ2n) is 2.56. The molecule has 0 saturated heterocycles. The summed E-state index contributed by atoms with van der Waals surface area (Å²) >= 11 is 6.46. The maximum absolute atomic E-state index is 8.82. The molecule has 0 atom stereocenters. The van der Waals surface area contributed by atoms with Crippen molar-refractivity contribution in [3.63, 3.8) is 0 Å². The highest BCUT2D eigenvalue weighted by atomic mass is 79.9. The van der Waals surface area contributed by atoms with Crippen molar-refractivity contribution in [2.24, 2.45) is 0 Å². The van der Waals surface area contributed by atoms with Crippen LogP contribution in [-0.4, -0.2) is 6.61 Å². The highest BCUT2D eigenvalue weighted by Gasteiger charge is 2.03. The van der Waals surface area contributed by atoms with E-state index >= 15 is 0 Å². The number of nitrogens with zero attached hydrogens (tertiary/aromatic N) is 1. The van der Waals surface area contributed by atoms with Gasteiger partial charge in [-0.1, -0.05) is 38.4 Å². The summed E-state index contributed by atoms with van der Waals surface area (Å²) in [6.45, 7) is 4.00. The minimum Gasteiger partial charge on any atom is -0.487 e. The van der Waals surface area contributed by atoms with Gasteiger partial charge in [-0.2, -0.15) is 5.26 Å². The van der Waals surface area contributed by atoms with Gasteiger partial charge in [0.05, 0.1) is 5.56 Å². The maximum Gasteiger partial charge on any atom is 0.137 e. The first kappa shape index (κ1) is 11.3. The zero-order valence-corrected chi connectivity index (χ0v) is 10.4. The van der Waals surface area contributed by atoms with Crippen molar-refractivity contribution in [3.8, 4) is 11.8 Å². The molecule has 0 unspecified atom stereocenters. The molecule has 0 aromatic heterocycles. The van der Waals surface area contributed by atoms with E-state index in [1.54, 1.807) is 12.1 Å². The van der Waals surface area contributed by atoms with E-state index in [-0.39, 0.29) is 0 Å². The van der Waals surface area contributed by atoms with Gasteiger partial charge in [0.15, 0.2) is 0 Å². The van der Waals surface area contributed by atoms with Gasteiger partial charge in [-0.15, -0.1) is 0 Å². The average Bonchev–Trinajstić information content (AvgIpc) is 2.15. The Kier molecular flexibility index (Phi) is 4.18. The maximum atomic E-state index is 8.82. The van der Waals surface area contributed by atoms with Crippen LogP contribution >= 0.6 is 31.9 Å². The van der Waals surface area contributed by atoms with E-state index in [1.165, 1.54) is 0 Å². The van der Waals surface area contributed by atoms with E-state index in [1.807, 2.05) is 6.07 Å². The predicted octanol–water partition coefficient (Wildman–Crippen LogP) is 3.61. The normalized spacial score (nSPS) is 9.21. The number of nitriles is 1. The summed E-state index contributed by atoms with van der Waals surface area (Å²) in [5, 5.41) is 8.82. The molecular weight excluding hydrogens is 310 g/mol. The molecule has 72 valence electrons. The summed E-state index contributed by atoms with van der Waals surface area (Å²) in [6, 6.07) is 7.35. The Labute approximate surface area is 99.4 Å². The number of hydrogen-bond donors (Lipinski definition) is 0. The van der Waals surface area contributed by atoms with Gasteiger partial charge in [0.1, 0.15) is 18.4 Å². The van der Waals surface area contributed by atoms with Crippen molar-refractivity contribution in [2.75, 3.05) is 6.61 Å². The third-order valence-corrected chi connectivity index (χ3v) is 2.17. The summed E-state index contributed by atoms with van der Waals surface area (Å²) in [6.07, 6.45) is 0.